The molecule has 1 heterocycles. The van der Waals surface area contributed by atoms with E-state index < -0.39 is 0 Å². The van der Waals surface area contributed by atoms with Crippen LogP contribution in [0, 0.1) is 5.82 Å². The average molecular weight is 308 g/mol. The molecule has 0 aromatic heterocycles. The van der Waals surface area contributed by atoms with E-state index >= 15 is 0 Å². The predicted octanol–water partition coefficient (Wildman–Crippen LogP) is 2.44. The minimum Gasteiger partial charge on any atom is -0.373 e. The number of morpholine rings is 1. The molecule has 1 aliphatic heterocycles. The Bertz CT molecular complexity index is 506. The molecule has 22 heavy (non-hydrogen) atoms. The summed E-state index contributed by atoms with van der Waals surface area (Å²) in [6.07, 6.45) is 0.381. The Morgan fingerprint density at radius 3 is 2.36 bits per heavy atom. The van der Waals surface area contributed by atoms with Gasteiger partial charge in [0.1, 0.15) is 5.82 Å². The lowest BCUT2D eigenvalue weighted by molar-refractivity contribution is -0.0948. The summed E-state index contributed by atoms with van der Waals surface area (Å²) in [6.45, 7) is 10.6. The van der Waals surface area contributed by atoms with Crippen molar-refractivity contribution < 1.29 is 13.9 Å². The van der Waals surface area contributed by atoms with Gasteiger partial charge in [-0.25, -0.2) is 4.39 Å². The molecule has 1 aromatic carbocycles. The highest BCUT2D eigenvalue weighted by Crippen LogP contribution is 2.20. The minimum absolute atomic E-state index is 0.165. The largest absolute Gasteiger partial charge is 0.373 e. The number of carbonyl (C=O) groups is 1. The van der Waals surface area contributed by atoms with Crippen LogP contribution >= 0.6 is 0 Å². The van der Waals surface area contributed by atoms with Crippen LogP contribution in [0.5, 0.6) is 0 Å². The summed E-state index contributed by atoms with van der Waals surface area (Å²) in [6, 6.07) is 5.59. The Kier molecular flexibility index (Phi) is 5.19. The first-order chi connectivity index (χ1) is 10.3. The Balaban J connectivity index is 1.94. The molecule has 1 saturated heterocycles. The lowest BCUT2D eigenvalue weighted by Crippen LogP contribution is -2.58. The van der Waals surface area contributed by atoms with Gasteiger partial charge in [0.05, 0.1) is 12.2 Å². The predicted molar refractivity (Wildman–Crippen MR) is 84.4 cm³/mol. The number of hydrogen-bond acceptors (Lipinski definition) is 3. The van der Waals surface area contributed by atoms with E-state index in [2.05, 4.69) is 37.9 Å². The van der Waals surface area contributed by atoms with E-state index in [1.165, 1.54) is 24.3 Å². The molecule has 0 saturated carbocycles. The van der Waals surface area contributed by atoms with Gasteiger partial charge in [-0.1, -0.05) is 0 Å². The summed E-state index contributed by atoms with van der Waals surface area (Å²) >= 11 is 0. The smallest absolute Gasteiger partial charge is 0.251 e. The maximum Gasteiger partial charge on any atom is 0.251 e. The van der Waals surface area contributed by atoms with Gasteiger partial charge in [-0.15, -0.1) is 0 Å². The normalized spacial score (nSPS) is 23.3. The van der Waals surface area contributed by atoms with Crippen LogP contribution in [0.4, 0.5) is 4.39 Å². The second-order valence-corrected chi connectivity index (χ2v) is 6.66. The number of benzene rings is 1. The summed E-state index contributed by atoms with van der Waals surface area (Å²) < 4.78 is 18.6. The van der Waals surface area contributed by atoms with Gasteiger partial charge in [-0.3, -0.25) is 9.69 Å². The molecule has 0 spiro atoms. The Hall–Kier alpha value is -1.46. The fraction of sp³-hybridized carbons (Fsp3) is 0.588. The second-order valence-electron chi connectivity index (χ2n) is 6.66. The van der Waals surface area contributed by atoms with Gasteiger partial charge in [0.15, 0.2) is 0 Å². The van der Waals surface area contributed by atoms with Gasteiger partial charge in [0, 0.05) is 30.7 Å². The molecular weight excluding hydrogens is 283 g/mol. The first kappa shape index (κ1) is 16.9. The van der Waals surface area contributed by atoms with Crippen molar-refractivity contribution in [1.82, 2.24) is 10.2 Å². The molecule has 2 atom stereocenters. The summed E-state index contributed by atoms with van der Waals surface area (Å²) in [5.41, 5.74) is 0.308. The first-order valence-electron chi connectivity index (χ1n) is 7.72. The zero-order chi connectivity index (χ0) is 16.3. The molecule has 0 aliphatic carbocycles. The topological polar surface area (TPSA) is 41.6 Å². The second kappa shape index (κ2) is 6.75. The third-order valence-electron chi connectivity index (χ3n) is 4.06. The van der Waals surface area contributed by atoms with Crippen LogP contribution in [-0.2, 0) is 4.74 Å². The fourth-order valence-electron chi connectivity index (χ4n) is 2.78. The van der Waals surface area contributed by atoms with Crippen molar-refractivity contribution in [2.75, 3.05) is 19.6 Å². The van der Waals surface area contributed by atoms with E-state index in [9.17, 15) is 9.18 Å². The SMILES string of the molecule is C[C@H]1CN(C(C)(C)CNC(=O)c2ccc(F)cc2)C[C@H](C)O1. The van der Waals surface area contributed by atoms with E-state index in [1.807, 2.05) is 0 Å². The number of rotatable bonds is 4. The van der Waals surface area contributed by atoms with Gasteiger partial charge in [0.2, 0.25) is 0 Å². The van der Waals surface area contributed by atoms with Crippen molar-refractivity contribution in [2.24, 2.45) is 0 Å². The molecule has 1 amide bonds. The van der Waals surface area contributed by atoms with Gasteiger partial charge in [-0.2, -0.15) is 0 Å². The third kappa shape index (κ3) is 4.27. The highest BCUT2D eigenvalue weighted by Gasteiger charge is 2.33. The van der Waals surface area contributed by atoms with Crippen LogP contribution < -0.4 is 5.32 Å². The molecule has 1 fully saturated rings. The monoisotopic (exact) mass is 308 g/mol. The van der Waals surface area contributed by atoms with E-state index in [4.69, 9.17) is 4.74 Å². The lowest BCUT2D eigenvalue weighted by atomic mass is 10.00. The first-order valence-corrected chi connectivity index (χ1v) is 7.72. The van der Waals surface area contributed by atoms with Gasteiger partial charge in [0.25, 0.3) is 5.91 Å². The Morgan fingerprint density at radius 1 is 1.27 bits per heavy atom. The highest BCUT2D eigenvalue weighted by atomic mass is 19.1. The highest BCUT2D eigenvalue weighted by molar-refractivity contribution is 5.94. The Morgan fingerprint density at radius 2 is 1.82 bits per heavy atom. The zero-order valence-corrected chi connectivity index (χ0v) is 13.7. The van der Waals surface area contributed by atoms with Crippen LogP contribution in [0.2, 0.25) is 0 Å². The summed E-state index contributed by atoms with van der Waals surface area (Å²) in [5, 5.41) is 2.94. The van der Waals surface area contributed by atoms with Crippen molar-refractivity contribution in [1.29, 1.82) is 0 Å². The van der Waals surface area contributed by atoms with Crippen LogP contribution in [0.15, 0.2) is 24.3 Å². The molecule has 5 heteroatoms. The standard InChI is InChI=1S/C17H25FN2O2/c1-12-9-20(10-13(2)22-12)17(3,4)11-19-16(21)14-5-7-15(18)8-6-14/h5-8,12-13H,9-11H2,1-4H3,(H,19,21)/t12-,13-/m0/s1. The molecule has 0 radical (unpaired) electrons. The quantitative estimate of drug-likeness (QED) is 0.929. The number of nitrogens with one attached hydrogen (secondary N) is 1. The molecule has 1 N–H and O–H groups in total. The van der Waals surface area contributed by atoms with Gasteiger partial charge >= 0.3 is 0 Å². The molecular formula is C17H25FN2O2. The van der Waals surface area contributed by atoms with Gasteiger partial charge < -0.3 is 10.1 Å². The van der Waals surface area contributed by atoms with Crippen molar-refractivity contribution in [3.63, 3.8) is 0 Å². The molecule has 1 aromatic rings. The number of nitrogens with zero attached hydrogens (tertiary/aromatic N) is 1. The van der Waals surface area contributed by atoms with Crippen LogP contribution in [-0.4, -0.2) is 48.2 Å². The number of halogens is 1. The average Bonchev–Trinajstić information content (AvgIpc) is 2.44. The Labute approximate surface area is 131 Å². The number of amides is 1. The van der Waals surface area contributed by atoms with E-state index in [1.54, 1.807) is 0 Å². The van der Waals surface area contributed by atoms with Crippen LogP contribution in [0.25, 0.3) is 0 Å². The summed E-state index contributed by atoms with van der Waals surface area (Å²) in [7, 11) is 0. The summed E-state index contributed by atoms with van der Waals surface area (Å²) in [5.74, 6) is -0.518. The van der Waals surface area contributed by atoms with Crippen LogP contribution in [0.3, 0.4) is 0 Å². The fourth-order valence-corrected chi connectivity index (χ4v) is 2.78. The van der Waals surface area contributed by atoms with E-state index in [0.717, 1.165) is 13.1 Å². The third-order valence-corrected chi connectivity index (χ3v) is 4.06. The number of carbonyl (C=O) groups excluding carboxylic acids is 1. The number of ether oxygens (including phenoxy) is 1. The minimum atomic E-state index is -0.340. The molecule has 4 nitrogen and oxygen atoms in total. The van der Waals surface area contributed by atoms with Crippen molar-refractivity contribution in [3.8, 4) is 0 Å². The maximum atomic E-state index is 12.9. The van der Waals surface area contributed by atoms with Crippen LogP contribution in [0.1, 0.15) is 38.1 Å². The van der Waals surface area contributed by atoms with E-state index in [-0.39, 0.29) is 29.5 Å². The van der Waals surface area contributed by atoms with Gasteiger partial charge in [-0.05, 0) is 52.0 Å². The molecule has 1 aliphatic rings. The van der Waals surface area contributed by atoms with E-state index in [0.29, 0.717) is 12.1 Å². The summed E-state index contributed by atoms with van der Waals surface area (Å²) in [4.78, 5) is 14.5. The van der Waals surface area contributed by atoms with Crippen molar-refractivity contribution in [2.45, 2.75) is 45.4 Å². The van der Waals surface area contributed by atoms with Crippen molar-refractivity contribution in [3.05, 3.63) is 35.6 Å². The zero-order valence-electron chi connectivity index (χ0n) is 13.7. The molecule has 0 bridgehead atoms. The molecule has 2 rings (SSSR count). The molecule has 0 unspecified atom stereocenters. The lowest BCUT2D eigenvalue weighted by Gasteiger charge is -2.45. The van der Waals surface area contributed by atoms with Crippen molar-refractivity contribution >= 4 is 5.91 Å². The molecule has 122 valence electrons. The maximum absolute atomic E-state index is 12.9. The number of hydrogen-bond donors (Lipinski definition) is 1.